The summed E-state index contributed by atoms with van der Waals surface area (Å²) >= 11 is 1.75. The van der Waals surface area contributed by atoms with Crippen LogP contribution in [0.2, 0.25) is 0 Å². The van der Waals surface area contributed by atoms with Crippen LogP contribution in [0.4, 0.5) is 0 Å². The van der Waals surface area contributed by atoms with Gasteiger partial charge in [0.25, 0.3) is 0 Å². The van der Waals surface area contributed by atoms with E-state index in [0.717, 1.165) is 35.3 Å². The van der Waals surface area contributed by atoms with Crippen molar-refractivity contribution in [1.29, 1.82) is 5.26 Å². The summed E-state index contributed by atoms with van der Waals surface area (Å²) in [6.07, 6.45) is 4.24. The smallest absolute Gasteiger partial charge is 0.237 e. The van der Waals surface area contributed by atoms with Crippen LogP contribution in [0.3, 0.4) is 0 Å². The highest BCUT2D eigenvalue weighted by molar-refractivity contribution is 7.98. The third-order valence-corrected chi connectivity index (χ3v) is 7.73. The molecule has 0 bridgehead atoms. The van der Waals surface area contributed by atoms with E-state index in [1.807, 2.05) is 66.7 Å². The number of nitriles is 1. The van der Waals surface area contributed by atoms with Gasteiger partial charge >= 0.3 is 0 Å². The van der Waals surface area contributed by atoms with Crippen LogP contribution in [0, 0.1) is 17.2 Å². The first-order valence-corrected chi connectivity index (χ1v) is 14.5. The largest absolute Gasteiger partial charge is 0.355 e. The van der Waals surface area contributed by atoms with Crippen molar-refractivity contribution >= 4 is 17.7 Å². The van der Waals surface area contributed by atoms with Gasteiger partial charge in [0, 0.05) is 6.54 Å². The Kier molecular flexibility index (Phi) is 11.3. The molecule has 3 aromatic carbocycles. The van der Waals surface area contributed by atoms with Gasteiger partial charge in [0.15, 0.2) is 0 Å². The normalized spacial score (nSPS) is 13.6. The average molecular weight is 514 g/mol. The molecule has 5 heteroatoms. The number of nitrogens with zero attached hydrogens (tertiary/aromatic N) is 1. The fraction of sp³-hybridized carbons (Fsp3) is 0.375. The third kappa shape index (κ3) is 7.71. The first-order valence-electron chi connectivity index (χ1n) is 13.1. The van der Waals surface area contributed by atoms with Gasteiger partial charge in [0.05, 0.1) is 23.6 Å². The maximum Gasteiger partial charge on any atom is 0.237 e. The summed E-state index contributed by atoms with van der Waals surface area (Å²) in [5.41, 5.74) is 2.75. The van der Waals surface area contributed by atoms with Crippen LogP contribution < -0.4 is 10.6 Å². The molecule has 0 heterocycles. The SMILES string of the molecule is CSCCC(NC(c1ccccc1)c1ccccc1)C(=O)NCCCC(C#N)(c1ccccc1)C(C)C. The average Bonchev–Trinajstić information content (AvgIpc) is 2.94. The molecule has 0 fully saturated rings. The molecule has 0 saturated heterocycles. The van der Waals surface area contributed by atoms with Crippen molar-refractivity contribution in [2.75, 3.05) is 18.6 Å². The van der Waals surface area contributed by atoms with E-state index >= 15 is 0 Å². The Morgan fingerprint density at radius 3 is 1.95 bits per heavy atom. The molecular weight excluding hydrogens is 474 g/mol. The number of nitrogens with one attached hydrogen (secondary N) is 2. The zero-order chi connectivity index (χ0) is 26.5. The van der Waals surface area contributed by atoms with Gasteiger partial charge in [-0.1, -0.05) is 105 Å². The highest BCUT2D eigenvalue weighted by Crippen LogP contribution is 2.36. The Morgan fingerprint density at radius 2 is 1.46 bits per heavy atom. The Hall–Kier alpha value is -3.07. The summed E-state index contributed by atoms with van der Waals surface area (Å²) in [5, 5.41) is 17.0. The number of hydrogen-bond acceptors (Lipinski definition) is 4. The van der Waals surface area contributed by atoms with Gasteiger partial charge in [-0.25, -0.2) is 0 Å². The zero-order valence-corrected chi connectivity index (χ0v) is 23.0. The number of thioether (sulfide) groups is 1. The van der Waals surface area contributed by atoms with Gasteiger partial charge < -0.3 is 5.32 Å². The molecule has 0 aliphatic heterocycles. The standard InChI is InChI=1S/C32H39N3OS/c1-25(2)32(24-33,28-18-11-6-12-19-28)21-13-22-34-31(36)29(20-23-37-3)35-30(26-14-7-4-8-15-26)27-16-9-5-10-17-27/h4-12,14-19,25,29-30,35H,13,20-23H2,1-3H3,(H,34,36). The molecule has 4 nitrogen and oxygen atoms in total. The van der Waals surface area contributed by atoms with E-state index in [-0.39, 0.29) is 23.9 Å². The van der Waals surface area contributed by atoms with Crippen molar-refractivity contribution < 1.29 is 4.79 Å². The molecule has 3 aromatic rings. The first kappa shape index (κ1) is 28.5. The summed E-state index contributed by atoms with van der Waals surface area (Å²) in [5.74, 6) is 1.07. The van der Waals surface area contributed by atoms with Gasteiger partial charge in [-0.3, -0.25) is 10.1 Å². The molecule has 0 aliphatic carbocycles. The number of carbonyl (C=O) groups excluding carboxylic acids is 1. The van der Waals surface area contributed by atoms with Crippen LogP contribution in [0.25, 0.3) is 0 Å². The Morgan fingerprint density at radius 1 is 0.919 bits per heavy atom. The summed E-state index contributed by atoms with van der Waals surface area (Å²) in [6.45, 7) is 4.75. The van der Waals surface area contributed by atoms with E-state index in [1.165, 1.54) is 0 Å². The van der Waals surface area contributed by atoms with Crippen molar-refractivity contribution in [1.82, 2.24) is 10.6 Å². The van der Waals surface area contributed by atoms with E-state index < -0.39 is 5.41 Å². The van der Waals surface area contributed by atoms with Crippen LogP contribution >= 0.6 is 11.8 Å². The molecular formula is C32H39N3OS. The van der Waals surface area contributed by atoms with Crippen molar-refractivity contribution in [3.8, 4) is 6.07 Å². The molecule has 0 spiro atoms. The maximum absolute atomic E-state index is 13.4. The number of amides is 1. The number of carbonyl (C=O) groups is 1. The minimum absolute atomic E-state index is 0.0118. The quantitative estimate of drug-likeness (QED) is 0.242. The summed E-state index contributed by atoms with van der Waals surface area (Å²) in [7, 11) is 0. The molecule has 3 rings (SSSR count). The van der Waals surface area contributed by atoms with Gasteiger partial charge in [-0.2, -0.15) is 17.0 Å². The van der Waals surface area contributed by atoms with Crippen LogP contribution in [0.1, 0.15) is 55.8 Å². The topological polar surface area (TPSA) is 64.9 Å². The van der Waals surface area contributed by atoms with Crippen molar-refractivity contribution in [3.05, 3.63) is 108 Å². The third-order valence-electron chi connectivity index (χ3n) is 7.08. The van der Waals surface area contributed by atoms with Gasteiger partial charge in [-0.05, 0) is 53.9 Å². The molecule has 0 radical (unpaired) electrons. The zero-order valence-electron chi connectivity index (χ0n) is 22.2. The predicted octanol–water partition coefficient (Wildman–Crippen LogP) is 6.50. The first-order chi connectivity index (χ1) is 18.0. The van der Waals surface area contributed by atoms with Crippen molar-refractivity contribution in [3.63, 3.8) is 0 Å². The van der Waals surface area contributed by atoms with Crippen LogP contribution in [-0.4, -0.2) is 30.5 Å². The lowest BCUT2D eigenvalue weighted by Crippen LogP contribution is -2.46. The van der Waals surface area contributed by atoms with Crippen LogP contribution in [0.5, 0.6) is 0 Å². The fourth-order valence-corrected chi connectivity index (χ4v) is 5.33. The number of benzene rings is 3. The molecule has 2 N–H and O–H groups in total. The lowest BCUT2D eigenvalue weighted by molar-refractivity contribution is -0.123. The van der Waals surface area contributed by atoms with Crippen molar-refractivity contribution in [2.24, 2.45) is 5.92 Å². The van der Waals surface area contributed by atoms with E-state index in [0.29, 0.717) is 13.0 Å². The molecule has 0 aliphatic rings. The monoisotopic (exact) mass is 513 g/mol. The van der Waals surface area contributed by atoms with E-state index in [9.17, 15) is 10.1 Å². The highest BCUT2D eigenvalue weighted by atomic mass is 32.2. The Bertz CT molecular complexity index is 1080. The second-order valence-electron chi connectivity index (χ2n) is 9.75. The second-order valence-corrected chi connectivity index (χ2v) is 10.7. The van der Waals surface area contributed by atoms with Gasteiger partial charge in [0.1, 0.15) is 0 Å². The van der Waals surface area contributed by atoms with Gasteiger partial charge in [-0.15, -0.1) is 0 Å². The summed E-state index contributed by atoms with van der Waals surface area (Å²) in [6, 6.07) is 32.8. The molecule has 37 heavy (non-hydrogen) atoms. The predicted molar refractivity (Wildman–Crippen MR) is 155 cm³/mol. The van der Waals surface area contributed by atoms with E-state index in [2.05, 4.69) is 61.1 Å². The molecule has 2 atom stereocenters. The molecule has 0 saturated carbocycles. The fourth-order valence-electron chi connectivity index (χ4n) is 4.86. The molecule has 1 amide bonds. The molecule has 2 unspecified atom stereocenters. The van der Waals surface area contributed by atoms with Crippen LogP contribution in [0.15, 0.2) is 91.0 Å². The highest BCUT2D eigenvalue weighted by Gasteiger charge is 2.35. The minimum Gasteiger partial charge on any atom is -0.355 e. The molecule has 0 aromatic heterocycles. The summed E-state index contributed by atoms with van der Waals surface area (Å²) < 4.78 is 0. The maximum atomic E-state index is 13.4. The minimum atomic E-state index is -0.561. The van der Waals surface area contributed by atoms with Gasteiger partial charge in [0.2, 0.25) is 5.91 Å². The van der Waals surface area contributed by atoms with E-state index in [4.69, 9.17) is 0 Å². The summed E-state index contributed by atoms with van der Waals surface area (Å²) in [4.78, 5) is 13.4. The van der Waals surface area contributed by atoms with Crippen molar-refractivity contribution in [2.45, 2.75) is 50.6 Å². The Labute approximate surface area is 226 Å². The second kappa shape index (κ2) is 14.6. The number of hydrogen-bond donors (Lipinski definition) is 2. The molecule has 194 valence electrons. The van der Waals surface area contributed by atoms with E-state index in [1.54, 1.807) is 11.8 Å². The Balaban J connectivity index is 1.69. The number of rotatable bonds is 14. The lowest BCUT2D eigenvalue weighted by atomic mass is 9.70. The van der Waals surface area contributed by atoms with Crippen LogP contribution in [-0.2, 0) is 10.2 Å². The lowest BCUT2D eigenvalue weighted by Gasteiger charge is -2.31.